The summed E-state index contributed by atoms with van der Waals surface area (Å²) in [4.78, 5) is 22.5. The molecule has 0 radical (unpaired) electrons. The fourth-order valence-electron chi connectivity index (χ4n) is 4.88. The summed E-state index contributed by atoms with van der Waals surface area (Å²) in [6.07, 6.45) is 0.772. The lowest BCUT2D eigenvalue weighted by Gasteiger charge is -2.38. The molecule has 0 saturated carbocycles. The lowest BCUT2D eigenvalue weighted by molar-refractivity contribution is -0.384. The molecule has 3 aromatic carbocycles. The molecule has 0 unspecified atom stereocenters. The molecule has 0 aromatic heterocycles. The van der Waals surface area contributed by atoms with Gasteiger partial charge >= 0.3 is 5.97 Å². The quantitative estimate of drug-likeness (QED) is 0.436. The molecule has 3 aromatic rings. The lowest BCUT2D eigenvalue weighted by atomic mass is 9.75. The van der Waals surface area contributed by atoms with Crippen LogP contribution in [0.3, 0.4) is 0 Å². The average molecular weight is 421 g/mol. The zero-order valence-corrected chi connectivity index (χ0v) is 16.5. The Hall–Kier alpha value is -3.38. The molecule has 30 heavy (non-hydrogen) atoms. The SMILES string of the molecule is O=C(O)c1ccc2c(c1)[C@@H]1c3ccccc3C[C@@H]1[C@@H](c1cc([N+](=O)[O-])ccc1Cl)N2. The number of anilines is 1. The molecule has 2 N–H and O–H groups in total. The highest BCUT2D eigenvalue weighted by Crippen LogP contribution is 2.54. The molecule has 1 aliphatic carbocycles. The first kappa shape index (κ1) is 18.6. The highest BCUT2D eigenvalue weighted by molar-refractivity contribution is 6.31. The summed E-state index contributed by atoms with van der Waals surface area (Å²) in [5.74, 6) is -0.931. The number of rotatable bonds is 3. The number of fused-ring (bicyclic) bond motifs is 5. The Morgan fingerprint density at radius 2 is 1.87 bits per heavy atom. The predicted molar refractivity (Wildman–Crippen MR) is 113 cm³/mol. The molecule has 0 saturated heterocycles. The molecule has 7 heteroatoms. The van der Waals surface area contributed by atoms with E-state index >= 15 is 0 Å². The zero-order valence-electron chi connectivity index (χ0n) is 15.7. The van der Waals surface area contributed by atoms with Crippen molar-refractivity contribution in [3.63, 3.8) is 0 Å². The minimum Gasteiger partial charge on any atom is -0.478 e. The smallest absolute Gasteiger partial charge is 0.335 e. The first-order valence-electron chi connectivity index (χ1n) is 9.59. The molecular formula is C23H17ClN2O4. The summed E-state index contributed by atoms with van der Waals surface area (Å²) >= 11 is 6.49. The molecule has 1 aliphatic heterocycles. The van der Waals surface area contributed by atoms with E-state index in [2.05, 4.69) is 17.4 Å². The number of aromatic carboxylic acids is 1. The molecule has 1 heterocycles. The van der Waals surface area contributed by atoms with Gasteiger partial charge < -0.3 is 10.4 Å². The molecule has 2 aliphatic rings. The molecule has 5 rings (SSSR count). The van der Waals surface area contributed by atoms with Gasteiger partial charge in [0.1, 0.15) is 0 Å². The molecule has 3 atom stereocenters. The normalized spacial score (nSPS) is 21.2. The van der Waals surface area contributed by atoms with E-state index in [0.717, 1.165) is 17.7 Å². The van der Waals surface area contributed by atoms with Crippen LogP contribution in [0.4, 0.5) is 11.4 Å². The van der Waals surface area contributed by atoms with Gasteiger partial charge in [0.05, 0.1) is 16.5 Å². The van der Waals surface area contributed by atoms with Gasteiger partial charge in [-0.25, -0.2) is 4.79 Å². The fraction of sp³-hybridized carbons (Fsp3) is 0.174. The summed E-state index contributed by atoms with van der Waals surface area (Å²) < 4.78 is 0. The van der Waals surface area contributed by atoms with Gasteiger partial charge in [-0.2, -0.15) is 0 Å². The van der Waals surface area contributed by atoms with E-state index in [-0.39, 0.29) is 29.1 Å². The maximum absolute atomic E-state index is 11.6. The van der Waals surface area contributed by atoms with Gasteiger partial charge in [-0.3, -0.25) is 10.1 Å². The Morgan fingerprint density at radius 3 is 2.63 bits per heavy atom. The average Bonchev–Trinajstić information content (AvgIpc) is 3.13. The topological polar surface area (TPSA) is 92.5 Å². The van der Waals surface area contributed by atoms with Crippen molar-refractivity contribution in [1.82, 2.24) is 0 Å². The van der Waals surface area contributed by atoms with E-state index in [0.29, 0.717) is 10.6 Å². The maximum atomic E-state index is 11.6. The summed E-state index contributed by atoms with van der Waals surface area (Å²) in [5, 5.41) is 24.8. The van der Waals surface area contributed by atoms with Gasteiger partial charge in [-0.15, -0.1) is 0 Å². The minimum absolute atomic E-state index is 0.00437. The molecule has 0 bridgehead atoms. The van der Waals surface area contributed by atoms with Crippen molar-refractivity contribution in [1.29, 1.82) is 0 Å². The van der Waals surface area contributed by atoms with Crippen LogP contribution in [-0.4, -0.2) is 16.0 Å². The standard InChI is InChI=1S/C23H17ClN2O4/c24-19-7-6-14(26(29)30)11-16(19)22-18-9-12-3-1-2-4-15(12)21(18)17-10-13(23(27)28)5-8-20(17)25-22/h1-8,10-11,18,21-22,25H,9H2,(H,27,28)/t18-,21-,22+/m0/s1. The summed E-state index contributed by atoms with van der Waals surface area (Å²) in [6, 6.07) is 17.5. The van der Waals surface area contributed by atoms with Crippen molar-refractivity contribution in [3.05, 3.63) is 104 Å². The van der Waals surface area contributed by atoms with Crippen molar-refractivity contribution >= 4 is 28.9 Å². The summed E-state index contributed by atoms with van der Waals surface area (Å²) in [7, 11) is 0. The van der Waals surface area contributed by atoms with Crippen LogP contribution in [0.2, 0.25) is 5.02 Å². The van der Waals surface area contributed by atoms with Crippen molar-refractivity contribution < 1.29 is 14.8 Å². The Kier molecular flexibility index (Phi) is 4.25. The largest absolute Gasteiger partial charge is 0.478 e. The number of carboxylic acids is 1. The van der Waals surface area contributed by atoms with Gasteiger partial charge in [-0.05, 0) is 53.3 Å². The van der Waals surface area contributed by atoms with E-state index in [1.165, 1.54) is 23.3 Å². The number of nitrogens with one attached hydrogen (secondary N) is 1. The van der Waals surface area contributed by atoms with Gasteiger partial charge in [0, 0.05) is 34.3 Å². The van der Waals surface area contributed by atoms with Gasteiger partial charge in [-0.1, -0.05) is 35.9 Å². The van der Waals surface area contributed by atoms with E-state index in [9.17, 15) is 20.0 Å². The number of hydrogen-bond donors (Lipinski definition) is 2. The second-order valence-electron chi connectivity index (χ2n) is 7.74. The Labute approximate surface area is 177 Å². The van der Waals surface area contributed by atoms with Gasteiger partial charge in [0.25, 0.3) is 5.69 Å². The first-order valence-corrected chi connectivity index (χ1v) is 9.97. The van der Waals surface area contributed by atoms with Crippen LogP contribution >= 0.6 is 11.6 Å². The Morgan fingerprint density at radius 1 is 1.07 bits per heavy atom. The van der Waals surface area contributed by atoms with Crippen LogP contribution in [0.25, 0.3) is 0 Å². The molecule has 150 valence electrons. The van der Waals surface area contributed by atoms with Crippen LogP contribution < -0.4 is 5.32 Å². The highest BCUT2D eigenvalue weighted by atomic mass is 35.5. The minimum atomic E-state index is -0.968. The van der Waals surface area contributed by atoms with Gasteiger partial charge in [0.15, 0.2) is 0 Å². The van der Waals surface area contributed by atoms with Crippen molar-refractivity contribution in [3.8, 4) is 0 Å². The molecule has 0 amide bonds. The van der Waals surface area contributed by atoms with Crippen molar-refractivity contribution in [2.75, 3.05) is 5.32 Å². The second kappa shape index (κ2) is 6.85. The number of nitro groups is 1. The van der Waals surface area contributed by atoms with Crippen LogP contribution in [-0.2, 0) is 6.42 Å². The van der Waals surface area contributed by atoms with Crippen LogP contribution in [0.1, 0.15) is 44.6 Å². The monoisotopic (exact) mass is 420 g/mol. The number of non-ortho nitro benzene ring substituents is 1. The third kappa shape index (κ3) is 2.83. The Bertz CT molecular complexity index is 1210. The summed E-state index contributed by atoms with van der Waals surface area (Å²) in [5.41, 5.74) is 5.05. The zero-order chi connectivity index (χ0) is 21.0. The number of nitro benzene ring substituents is 1. The van der Waals surface area contributed by atoms with E-state index in [1.54, 1.807) is 24.3 Å². The number of carboxylic acid groups (broad SMARTS) is 1. The second-order valence-corrected chi connectivity index (χ2v) is 8.14. The molecule has 0 fully saturated rings. The van der Waals surface area contributed by atoms with E-state index in [4.69, 9.17) is 11.6 Å². The Balaban J connectivity index is 1.70. The summed E-state index contributed by atoms with van der Waals surface area (Å²) in [6.45, 7) is 0. The fourth-order valence-corrected chi connectivity index (χ4v) is 5.12. The predicted octanol–water partition coefficient (Wildman–Crippen LogP) is 5.42. The maximum Gasteiger partial charge on any atom is 0.335 e. The lowest BCUT2D eigenvalue weighted by Crippen LogP contribution is -2.31. The van der Waals surface area contributed by atoms with E-state index in [1.807, 2.05) is 12.1 Å². The number of benzene rings is 3. The third-order valence-corrected chi connectivity index (χ3v) is 6.52. The molecule has 0 spiro atoms. The number of halogens is 1. The van der Waals surface area contributed by atoms with Crippen LogP contribution in [0.15, 0.2) is 60.7 Å². The van der Waals surface area contributed by atoms with Crippen molar-refractivity contribution in [2.45, 2.75) is 18.4 Å². The van der Waals surface area contributed by atoms with Crippen LogP contribution in [0, 0.1) is 16.0 Å². The number of nitrogens with zero attached hydrogens (tertiary/aromatic N) is 1. The van der Waals surface area contributed by atoms with Crippen molar-refractivity contribution in [2.24, 2.45) is 5.92 Å². The molecule has 6 nitrogen and oxygen atoms in total. The van der Waals surface area contributed by atoms with Crippen LogP contribution in [0.5, 0.6) is 0 Å². The first-order chi connectivity index (χ1) is 14.4. The van der Waals surface area contributed by atoms with E-state index < -0.39 is 10.9 Å². The van der Waals surface area contributed by atoms with Gasteiger partial charge in [0.2, 0.25) is 0 Å². The number of carbonyl (C=O) groups is 1. The number of hydrogen-bond acceptors (Lipinski definition) is 4. The third-order valence-electron chi connectivity index (χ3n) is 6.17. The molecular weight excluding hydrogens is 404 g/mol. The highest BCUT2D eigenvalue weighted by Gasteiger charge is 2.44.